The summed E-state index contributed by atoms with van der Waals surface area (Å²) in [7, 11) is 1.71. The molecule has 3 rings (SSSR count). The number of hydrogen-bond donors (Lipinski definition) is 3. The molecule has 0 saturated heterocycles. The highest BCUT2D eigenvalue weighted by molar-refractivity contribution is 6.43. The van der Waals surface area contributed by atoms with Crippen molar-refractivity contribution in [3.05, 3.63) is 52.1 Å². The van der Waals surface area contributed by atoms with Gasteiger partial charge in [0.15, 0.2) is 0 Å². The molecular formula is C26H34FN3O4. The van der Waals surface area contributed by atoms with Gasteiger partial charge in [0.2, 0.25) is 0 Å². The number of nitrogens with zero attached hydrogens (tertiary/aromatic N) is 1. The van der Waals surface area contributed by atoms with E-state index in [9.17, 15) is 23.9 Å². The normalized spacial score (nSPS) is 14.7. The fourth-order valence-corrected chi connectivity index (χ4v) is 4.71. The predicted octanol–water partition coefficient (Wildman–Crippen LogP) is 4.15. The number of aromatic nitrogens is 1. The van der Waals surface area contributed by atoms with Gasteiger partial charge in [0.1, 0.15) is 5.82 Å². The molecule has 34 heavy (non-hydrogen) atoms. The fourth-order valence-electron chi connectivity index (χ4n) is 4.71. The summed E-state index contributed by atoms with van der Waals surface area (Å²) in [5, 5.41) is 15.2. The number of carbonyl (C=O) groups is 3. The van der Waals surface area contributed by atoms with Gasteiger partial charge in [0.05, 0.1) is 16.9 Å². The molecule has 184 valence electrons. The summed E-state index contributed by atoms with van der Waals surface area (Å²) in [4.78, 5) is 39.2. The smallest absolute Gasteiger partial charge is 0.294 e. The molecule has 0 atom stereocenters. The molecule has 7 nitrogen and oxygen atoms in total. The van der Waals surface area contributed by atoms with Crippen molar-refractivity contribution in [3.63, 3.8) is 0 Å². The Balaban J connectivity index is 2.01. The number of aliphatic hydroxyl groups is 1. The molecule has 0 unspecified atom stereocenters. The first-order chi connectivity index (χ1) is 15.9. The summed E-state index contributed by atoms with van der Waals surface area (Å²) in [6, 6.07) is 4.35. The Hall–Kier alpha value is -3.00. The Morgan fingerprint density at radius 1 is 1.15 bits per heavy atom. The largest absolute Gasteiger partial charge is 0.389 e. The predicted molar refractivity (Wildman–Crippen MR) is 129 cm³/mol. The molecule has 0 radical (unpaired) electrons. The number of Topliss-reactive ketones (excluding diaryl/α,β-unsaturated/α-hetero) is 1. The van der Waals surface area contributed by atoms with Crippen molar-refractivity contribution >= 4 is 23.3 Å². The van der Waals surface area contributed by atoms with E-state index in [0.29, 0.717) is 22.4 Å². The van der Waals surface area contributed by atoms with Crippen LogP contribution in [0.25, 0.3) is 0 Å². The molecule has 1 saturated carbocycles. The van der Waals surface area contributed by atoms with Crippen LogP contribution in [0.3, 0.4) is 0 Å². The zero-order chi connectivity index (χ0) is 25.2. The highest BCUT2D eigenvalue weighted by Gasteiger charge is 2.34. The number of anilines is 1. The van der Waals surface area contributed by atoms with Crippen LogP contribution < -0.4 is 10.6 Å². The molecule has 1 aromatic carbocycles. The van der Waals surface area contributed by atoms with Crippen LogP contribution in [0.4, 0.5) is 10.1 Å². The molecule has 0 spiro atoms. The van der Waals surface area contributed by atoms with Crippen LogP contribution in [-0.4, -0.2) is 39.4 Å². The maximum atomic E-state index is 13.7. The van der Waals surface area contributed by atoms with E-state index in [4.69, 9.17) is 0 Å². The zero-order valence-electron chi connectivity index (χ0n) is 20.5. The Bertz CT molecular complexity index is 1110. The van der Waals surface area contributed by atoms with Gasteiger partial charge in [-0.15, -0.1) is 0 Å². The first-order valence-electron chi connectivity index (χ1n) is 11.7. The third-order valence-corrected chi connectivity index (χ3v) is 6.42. The molecule has 1 heterocycles. The Morgan fingerprint density at radius 2 is 1.79 bits per heavy atom. The van der Waals surface area contributed by atoms with Gasteiger partial charge < -0.3 is 20.3 Å². The third-order valence-electron chi connectivity index (χ3n) is 6.42. The molecule has 8 heteroatoms. The quantitative estimate of drug-likeness (QED) is 0.417. The van der Waals surface area contributed by atoms with Crippen LogP contribution in [0.2, 0.25) is 0 Å². The zero-order valence-corrected chi connectivity index (χ0v) is 20.5. The molecule has 0 bridgehead atoms. The van der Waals surface area contributed by atoms with E-state index in [1.165, 1.54) is 26.0 Å². The minimum absolute atomic E-state index is 0.0756. The minimum Gasteiger partial charge on any atom is -0.389 e. The number of halogens is 1. The summed E-state index contributed by atoms with van der Waals surface area (Å²) >= 11 is 0. The summed E-state index contributed by atoms with van der Waals surface area (Å²) in [5.74, 6) is -2.24. The molecule has 1 aromatic heterocycles. The van der Waals surface area contributed by atoms with E-state index >= 15 is 0 Å². The number of amides is 2. The SMILES string of the molecule is Cc1cc(NC(=O)c2c(C)c(C(=O)C(=O)NCC(C)(C)O)n(C)c2C2CCCCC2)ccc1F. The lowest BCUT2D eigenvalue weighted by Crippen LogP contribution is -2.41. The van der Waals surface area contributed by atoms with Gasteiger partial charge >= 0.3 is 0 Å². The lowest BCUT2D eigenvalue weighted by atomic mass is 9.85. The monoisotopic (exact) mass is 471 g/mol. The van der Waals surface area contributed by atoms with Crippen LogP contribution in [-0.2, 0) is 11.8 Å². The van der Waals surface area contributed by atoms with Crippen LogP contribution in [0.1, 0.15) is 89.5 Å². The maximum absolute atomic E-state index is 13.7. The number of benzene rings is 1. The first kappa shape index (κ1) is 25.6. The number of carbonyl (C=O) groups excluding carboxylic acids is 3. The topological polar surface area (TPSA) is 100 Å². The van der Waals surface area contributed by atoms with Crippen LogP contribution in [0, 0.1) is 19.7 Å². The molecule has 2 aromatic rings. The second-order valence-electron chi connectivity index (χ2n) is 9.87. The molecular weight excluding hydrogens is 437 g/mol. The molecule has 1 aliphatic rings. The molecule has 0 aliphatic heterocycles. The second-order valence-corrected chi connectivity index (χ2v) is 9.87. The van der Waals surface area contributed by atoms with E-state index in [2.05, 4.69) is 10.6 Å². The number of hydrogen-bond acceptors (Lipinski definition) is 4. The maximum Gasteiger partial charge on any atom is 0.294 e. The van der Waals surface area contributed by atoms with Gasteiger partial charge in [-0.1, -0.05) is 19.3 Å². The number of rotatable bonds is 7. The van der Waals surface area contributed by atoms with Crippen molar-refractivity contribution in [1.82, 2.24) is 9.88 Å². The lowest BCUT2D eigenvalue weighted by Gasteiger charge is -2.24. The Kier molecular flexibility index (Phi) is 7.60. The van der Waals surface area contributed by atoms with E-state index in [1.807, 2.05) is 0 Å². The summed E-state index contributed by atoms with van der Waals surface area (Å²) in [6.07, 6.45) is 4.98. The third kappa shape index (κ3) is 5.55. The van der Waals surface area contributed by atoms with Crippen molar-refractivity contribution in [3.8, 4) is 0 Å². The van der Waals surface area contributed by atoms with E-state index < -0.39 is 23.2 Å². The van der Waals surface area contributed by atoms with Crippen molar-refractivity contribution < 1.29 is 23.9 Å². The van der Waals surface area contributed by atoms with Crippen LogP contribution in [0.5, 0.6) is 0 Å². The highest BCUT2D eigenvalue weighted by Crippen LogP contribution is 2.38. The first-order valence-corrected chi connectivity index (χ1v) is 11.7. The van der Waals surface area contributed by atoms with Crippen molar-refractivity contribution in [1.29, 1.82) is 0 Å². The fraction of sp³-hybridized carbons (Fsp3) is 0.500. The van der Waals surface area contributed by atoms with Gasteiger partial charge in [-0.25, -0.2) is 4.39 Å². The van der Waals surface area contributed by atoms with Gasteiger partial charge in [-0.2, -0.15) is 0 Å². The van der Waals surface area contributed by atoms with Crippen molar-refractivity contribution in [2.75, 3.05) is 11.9 Å². The number of aryl methyl sites for hydroxylation is 1. The molecule has 3 N–H and O–H groups in total. The number of nitrogens with one attached hydrogen (secondary N) is 2. The average molecular weight is 472 g/mol. The Labute approximate surface area is 199 Å². The summed E-state index contributed by atoms with van der Waals surface area (Å²) in [6.45, 7) is 6.29. The van der Waals surface area contributed by atoms with Crippen molar-refractivity contribution in [2.24, 2.45) is 7.05 Å². The lowest BCUT2D eigenvalue weighted by molar-refractivity contribution is -0.118. The van der Waals surface area contributed by atoms with Crippen molar-refractivity contribution in [2.45, 2.75) is 71.3 Å². The van der Waals surface area contributed by atoms with Gasteiger partial charge in [-0.05, 0) is 69.9 Å². The summed E-state index contributed by atoms with van der Waals surface area (Å²) in [5.41, 5.74) is 1.43. The van der Waals surface area contributed by atoms with E-state index in [-0.39, 0.29) is 24.0 Å². The van der Waals surface area contributed by atoms with E-state index in [0.717, 1.165) is 37.8 Å². The molecule has 2 amide bonds. The molecule has 1 fully saturated rings. The standard InChI is InChI=1S/C26H34FN3O4/c1-15-13-18(11-12-19(15)27)29-24(32)20-16(2)21(23(31)25(33)28-14-26(3,4)34)30(5)22(20)17-9-7-6-8-10-17/h11-13,17,34H,6-10,14H2,1-5H3,(H,28,33)(H,29,32). The van der Waals surface area contributed by atoms with Crippen LogP contribution in [0.15, 0.2) is 18.2 Å². The summed E-state index contributed by atoms with van der Waals surface area (Å²) < 4.78 is 15.4. The average Bonchev–Trinajstić information content (AvgIpc) is 3.04. The van der Waals surface area contributed by atoms with Gasteiger partial charge in [0.25, 0.3) is 17.6 Å². The minimum atomic E-state index is -1.16. The highest BCUT2D eigenvalue weighted by atomic mass is 19.1. The number of ketones is 1. The van der Waals surface area contributed by atoms with Gasteiger partial charge in [0, 0.05) is 30.9 Å². The van der Waals surface area contributed by atoms with Crippen LogP contribution >= 0.6 is 0 Å². The molecule has 1 aliphatic carbocycles. The Morgan fingerprint density at radius 3 is 2.38 bits per heavy atom. The van der Waals surface area contributed by atoms with Gasteiger partial charge in [-0.3, -0.25) is 14.4 Å². The second kappa shape index (κ2) is 10.1. The van der Waals surface area contributed by atoms with E-state index in [1.54, 1.807) is 31.5 Å².